The van der Waals surface area contributed by atoms with Crippen LogP contribution in [-0.4, -0.2) is 27.6 Å². The van der Waals surface area contributed by atoms with E-state index in [0.717, 1.165) is 11.1 Å². The van der Waals surface area contributed by atoms with Crippen LogP contribution in [0.2, 0.25) is 15.1 Å². The zero-order chi connectivity index (χ0) is 29.2. The SMILES string of the molecule is Cc1c(C(=O)NC(C(=O)NCc2ccc(N)cc2)C(C)(C)C)nn(-c2ccc(Cl)cc2Cl)c1-c1ccc(Cl)cc1. The quantitative estimate of drug-likeness (QED) is 0.202. The summed E-state index contributed by atoms with van der Waals surface area (Å²) in [6.45, 7) is 7.76. The van der Waals surface area contributed by atoms with Gasteiger partial charge in [-0.2, -0.15) is 5.10 Å². The van der Waals surface area contributed by atoms with Crippen LogP contribution in [0.5, 0.6) is 0 Å². The fourth-order valence-corrected chi connectivity index (χ4v) is 4.90. The Balaban J connectivity index is 1.68. The largest absolute Gasteiger partial charge is 0.399 e. The van der Waals surface area contributed by atoms with Crippen LogP contribution in [0.3, 0.4) is 0 Å². The molecule has 0 saturated heterocycles. The molecule has 4 N–H and O–H groups in total. The Labute approximate surface area is 248 Å². The number of carbonyl (C=O) groups excluding carboxylic acids is 2. The highest BCUT2D eigenvalue weighted by Crippen LogP contribution is 2.33. The molecule has 2 amide bonds. The number of anilines is 1. The Hall–Kier alpha value is -3.52. The molecule has 0 aliphatic heterocycles. The highest BCUT2D eigenvalue weighted by molar-refractivity contribution is 6.35. The zero-order valence-corrected chi connectivity index (χ0v) is 24.8. The van der Waals surface area contributed by atoms with Gasteiger partial charge in [-0.25, -0.2) is 4.68 Å². The average Bonchev–Trinajstić information content (AvgIpc) is 3.23. The highest BCUT2D eigenvalue weighted by atomic mass is 35.5. The van der Waals surface area contributed by atoms with E-state index in [4.69, 9.17) is 40.5 Å². The van der Waals surface area contributed by atoms with Crippen LogP contribution in [0.15, 0.2) is 66.7 Å². The van der Waals surface area contributed by atoms with Crippen LogP contribution in [0.25, 0.3) is 16.9 Å². The van der Waals surface area contributed by atoms with E-state index in [1.807, 2.05) is 45.0 Å². The van der Waals surface area contributed by atoms with E-state index in [2.05, 4.69) is 15.7 Å². The van der Waals surface area contributed by atoms with E-state index >= 15 is 0 Å². The van der Waals surface area contributed by atoms with E-state index in [9.17, 15) is 9.59 Å². The standard InChI is InChI=1S/C30H30Cl3N5O2/c1-17-25(28(39)36-27(30(2,3)4)29(40)35-16-18-5-12-22(34)13-6-18)37-38(24-14-11-21(32)15-23(24)33)26(17)19-7-9-20(31)10-8-19/h5-15,27H,16,34H2,1-4H3,(H,35,40)(H,36,39). The summed E-state index contributed by atoms with van der Waals surface area (Å²) in [6, 6.07) is 18.7. The van der Waals surface area contributed by atoms with Crippen molar-refractivity contribution in [3.8, 4) is 16.9 Å². The van der Waals surface area contributed by atoms with Crippen LogP contribution >= 0.6 is 34.8 Å². The van der Waals surface area contributed by atoms with Crippen molar-refractivity contribution in [1.29, 1.82) is 0 Å². The fourth-order valence-electron chi connectivity index (χ4n) is 4.29. The van der Waals surface area contributed by atoms with Crippen molar-refractivity contribution in [3.05, 3.63) is 98.6 Å². The Morgan fingerprint density at radius 1 is 0.950 bits per heavy atom. The number of hydrogen-bond donors (Lipinski definition) is 3. The van der Waals surface area contributed by atoms with E-state index in [0.29, 0.717) is 44.2 Å². The van der Waals surface area contributed by atoms with Crippen molar-refractivity contribution in [2.24, 2.45) is 5.41 Å². The number of rotatable bonds is 7. The second-order valence-corrected chi connectivity index (χ2v) is 11.8. The second-order valence-electron chi connectivity index (χ2n) is 10.6. The van der Waals surface area contributed by atoms with Gasteiger partial charge in [0.15, 0.2) is 5.69 Å². The normalized spacial score (nSPS) is 12.2. The lowest BCUT2D eigenvalue weighted by Gasteiger charge is -2.30. The predicted octanol–water partition coefficient (Wildman–Crippen LogP) is 6.85. The van der Waals surface area contributed by atoms with Crippen molar-refractivity contribution in [3.63, 3.8) is 0 Å². The molecule has 0 aliphatic rings. The van der Waals surface area contributed by atoms with Gasteiger partial charge in [-0.1, -0.05) is 79.8 Å². The summed E-state index contributed by atoms with van der Waals surface area (Å²) < 4.78 is 1.61. The van der Waals surface area contributed by atoms with E-state index in [1.165, 1.54) is 0 Å². The monoisotopic (exact) mass is 597 g/mol. The number of nitrogens with two attached hydrogens (primary N) is 1. The Kier molecular flexibility index (Phi) is 8.78. The number of benzene rings is 3. The smallest absolute Gasteiger partial charge is 0.272 e. The van der Waals surface area contributed by atoms with Crippen molar-refractivity contribution < 1.29 is 9.59 Å². The van der Waals surface area contributed by atoms with E-state index < -0.39 is 17.4 Å². The molecule has 1 heterocycles. The van der Waals surface area contributed by atoms with Gasteiger partial charge in [0.05, 0.1) is 16.4 Å². The van der Waals surface area contributed by atoms with E-state index in [-0.39, 0.29) is 11.6 Å². The van der Waals surface area contributed by atoms with Crippen molar-refractivity contribution in [1.82, 2.24) is 20.4 Å². The number of aromatic nitrogens is 2. The maximum Gasteiger partial charge on any atom is 0.272 e. The summed E-state index contributed by atoms with van der Waals surface area (Å²) in [4.78, 5) is 27.0. The van der Waals surface area contributed by atoms with Gasteiger partial charge >= 0.3 is 0 Å². The summed E-state index contributed by atoms with van der Waals surface area (Å²) in [6.07, 6.45) is 0. The zero-order valence-electron chi connectivity index (χ0n) is 22.6. The Morgan fingerprint density at radius 2 is 1.57 bits per heavy atom. The number of halogens is 3. The molecule has 0 aliphatic carbocycles. The lowest BCUT2D eigenvalue weighted by Crippen LogP contribution is -2.53. The minimum Gasteiger partial charge on any atom is -0.399 e. The molecule has 0 spiro atoms. The molecule has 0 radical (unpaired) electrons. The van der Waals surface area contributed by atoms with Gasteiger partial charge in [0.2, 0.25) is 5.91 Å². The third-order valence-corrected chi connectivity index (χ3v) is 7.23. The number of nitrogens with zero attached hydrogens (tertiary/aromatic N) is 2. The number of amides is 2. The first kappa shape index (κ1) is 29.5. The van der Waals surface area contributed by atoms with Crippen molar-refractivity contribution in [2.45, 2.75) is 40.3 Å². The molecule has 208 valence electrons. The molecule has 0 fully saturated rings. The summed E-state index contributed by atoms with van der Waals surface area (Å²) in [5, 5.41) is 11.9. The first-order valence-corrected chi connectivity index (χ1v) is 13.7. The van der Waals surface area contributed by atoms with Crippen molar-refractivity contribution in [2.75, 3.05) is 5.73 Å². The van der Waals surface area contributed by atoms with Gasteiger partial charge in [-0.15, -0.1) is 0 Å². The lowest BCUT2D eigenvalue weighted by molar-refractivity contribution is -0.125. The molecule has 3 aromatic carbocycles. The van der Waals surface area contributed by atoms with Gasteiger partial charge in [0.25, 0.3) is 5.91 Å². The van der Waals surface area contributed by atoms with Crippen LogP contribution in [0, 0.1) is 12.3 Å². The van der Waals surface area contributed by atoms with Crippen LogP contribution < -0.4 is 16.4 Å². The van der Waals surface area contributed by atoms with Gasteiger partial charge in [-0.05, 0) is 60.4 Å². The predicted molar refractivity (Wildman–Crippen MR) is 162 cm³/mol. The molecule has 1 unspecified atom stereocenters. The third-order valence-electron chi connectivity index (χ3n) is 6.44. The molecule has 40 heavy (non-hydrogen) atoms. The average molecular weight is 599 g/mol. The van der Waals surface area contributed by atoms with E-state index in [1.54, 1.807) is 54.1 Å². The lowest BCUT2D eigenvalue weighted by atomic mass is 9.86. The topological polar surface area (TPSA) is 102 Å². The molecule has 10 heteroatoms. The highest BCUT2D eigenvalue weighted by Gasteiger charge is 2.34. The van der Waals surface area contributed by atoms with Crippen molar-refractivity contribution >= 4 is 52.3 Å². The van der Waals surface area contributed by atoms with Crippen LogP contribution in [0.1, 0.15) is 42.4 Å². The third kappa shape index (κ3) is 6.61. The maximum absolute atomic E-state index is 13.7. The first-order valence-electron chi connectivity index (χ1n) is 12.6. The number of nitrogens with one attached hydrogen (secondary N) is 2. The van der Waals surface area contributed by atoms with Gasteiger partial charge in [-0.3, -0.25) is 9.59 Å². The van der Waals surface area contributed by atoms with Crippen LogP contribution in [0.4, 0.5) is 5.69 Å². The van der Waals surface area contributed by atoms with Gasteiger partial charge < -0.3 is 16.4 Å². The van der Waals surface area contributed by atoms with Crippen LogP contribution in [-0.2, 0) is 11.3 Å². The Morgan fingerprint density at radius 3 is 2.17 bits per heavy atom. The minimum absolute atomic E-state index is 0.163. The summed E-state index contributed by atoms with van der Waals surface area (Å²) in [5.74, 6) is -0.799. The molecule has 0 bridgehead atoms. The van der Waals surface area contributed by atoms with Gasteiger partial charge in [0, 0.05) is 33.4 Å². The molecular weight excluding hydrogens is 569 g/mol. The summed E-state index contributed by atoms with van der Waals surface area (Å²) in [7, 11) is 0. The fraction of sp³-hybridized carbons (Fsp3) is 0.233. The maximum atomic E-state index is 13.7. The van der Waals surface area contributed by atoms with Gasteiger partial charge in [0.1, 0.15) is 6.04 Å². The number of carbonyl (C=O) groups is 2. The summed E-state index contributed by atoms with van der Waals surface area (Å²) >= 11 is 18.8. The summed E-state index contributed by atoms with van der Waals surface area (Å²) in [5.41, 5.74) is 9.47. The molecule has 4 rings (SSSR count). The molecule has 0 saturated carbocycles. The molecule has 7 nitrogen and oxygen atoms in total. The molecule has 4 aromatic rings. The first-order chi connectivity index (χ1) is 18.8. The molecule has 1 aromatic heterocycles. The number of nitrogen functional groups attached to an aromatic ring is 1. The molecular formula is C30H30Cl3N5O2. The second kappa shape index (κ2) is 11.9. The minimum atomic E-state index is -0.837. The number of hydrogen-bond acceptors (Lipinski definition) is 4. The molecule has 1 atom stereocenters. The Bertz CT molecular complexity index is 1540.